The van der Waals surface area contributed by atoms with Gasteiger partial charge in [0.15, 0.2) is 23.0 Å². The molecule has 4 aromatic rings. The van der Waals surface area contributed by atoms with E-state index in [-0.39, 0.29) is 38.1 Å². The summed E-state index contributed by atoms with van der Waals surface area (Å²) >= 11 is 0. The van der Waals surface area contributed by atoms with Crippen molar-refractivity contribution in [1.82, 2.24) is 10.2 Å². The number of hydrogen-bond donors (Lipinski definition) is 1. The molecule has 0 spiro atoms. The fraction of sp³-hybridized carbons (Fsp3) is 0.212. The molecule has 1 heterocycles. The first-order valence-corrected chi connectivity index (χ1v) is 13.3. The third-order valence-electron chi connectivity index (χ3n) is 6.90. The Morgan fingerprint density at radius 3 is 2.20 bits per heavy atom. The van der Waals surface area contributed by atoms with Crippen LogP contribution in [0.15, 0.2) is 97.1 Å². The van der Waals surface area contributed by atoms with Gasteiger partial charge in [0.25, 0.3) is 0 Å². The zero-order chi connectivity index (χ0) is 28.6. The number of hydrogen-bond acceptors (Lipinski definition) is 6. The van der Waals surface area contributed by atoms with Gasteiger partial charge in [-0.3, -0.25) is 9.59 Å². The summed E-state index contributed by atoms with van der Waals surface area (Å²) in [6, 6.07) is 29.1. The molecule has 0 bridgehead atoms. The molecule has 0 saturated heterocycles. The molecule has 2 amide bonds. The predicted octanol–water partition coefficient (Wildman–Crippen LogP) is 5.06. The molecule has 0 aliphatic carbocycles. The Morgan fingerprint density at radius 1 is 0.780 bits per heavy atom. The normalized spacial score (nSPS) is 12.3. The van der Waals surface area contributed by atoms with E-state index in [9.17, 15) is 9.59 Å². The van der Waals surface area contributed by atoms with Crippen molar-refractivity contribution in [3.63, 3.8) is 0 Å². The fourth-order valence-electron chi connectivity index (χ4n) is 4.82. The van der Waals surface area contributed by atoms with Gasteiger partial charge in [-0.25, -0.2) is 0 Å². The third-order valence-corrected chi connectivity index (χ3v) is 6.90. The molecule has 0 aromatic heterocycles. The second-order valence-corrected chi connectivity index (χ2v) is 9.59. The van der Waals surface area contributed by atoms with Crippen molar-refractivity contribution in [2.24, 2.45) is 0 Å². The van der Waals surface area contributed by atoms with E-state index in [4.69, 9.17) is 18.9 Å². The predicted molar refractivity (Wildman–Crippen MR) is 154 cm³/mol. The van der Waals surface area contributed by atoms with Crippen molar-refractivity contribution >= 4 is 11.8 Å². The van der Waals surface area contributed by atoms with Crippen LogP contribution in [-0.4, -0.2) is 37.7 Å². The zero-order valence-electron chi connectivity index (χ0n) is 23.0. The quantitative estimate of drug-likeness (QED) is 0.280. The molecule has 0 unspecified atom stereocenters. The van der Waals surface area contributed by atoms with Crippen LogP contribution in [0.5, 0.6) is 23.0 Å². The topological polar surface area (TPSA) is 86.3 Å². The maximum atomic E-state index is 14.0. The number of carbonyl (C=O) groups is 2. The van der Waals surface area contributed by atoms with Crippen molar-refractivity contribution < 1.29 is 28.5 Å². The summed E-state index contributed by atoms with van der Waals surface area (Å²) in [4.78, 5) is 29.6. The van der Waals surface area contributed by atoms with Crippen molar-refractivity contribution in [1.29, 1.82) is 0 Å². The van der Waals surface area contributed by atoms with E-state index < -0.39 is 6.04 Å². The van der Waals surface area contributed by atoms with Crippen LogP contribution in [0.4, 0.5) is 0 Å². The lowest BCUT2D eigenvalue weighted by molar-refractivity contribution is -0.141. The molecule has 8 heteroatoms. The standard InChI is InChI=1S/C33H32N2O6/c1-38-27-15-13-24(17-29(27)39-2)19-31(36)35(21-23-9-5-3-6-10-23)32(26-11-7-4-8-12-26)33(37)34-20-25-14-16-28-30(18-25)41-22-40-28/h3-18,32H,19-22H2,1-2H3,(H,34,37)/t32-/m0/s1. The first kappa shape index (κ1) is 27.6. The van der Waals surface area contributed by atoms with E-state index in [1.807, 2.05) is 84.9 Å². The van der Waals surface area contributed by atoms with E-state index >= 15 is 0 Å². The first-order valence-electron chi connectivity index (χ1n) is 13.3. The van der Waals surface area contributed by atoms with Gasteiger partial charge in [0.05, 0.1) is 20.6 Å². The molecule has 41 heavy (non-hydrogen) atoms. The summed E-state index contributed by atoms with van der Waals surface area (Å²) in [5.41, 5.74) is 3.24. The molecule has 8 nitrogen and oxygen atoms in total. The van der Waals surface area contributed by atoms with Crippen molar-refractivity contribution in [2.45, 2.75) is 25.6 Å². The van der Waals surface area contributed by atoms with Gasteiger partial charge in [-0.1, -0.05) is 72.8 Å². The van der Waals surface area contributed by atoms with Crippen LogP contribution in [-0.2, 0) is 29.1 Å². The lowest BCUT2D eigenvalue weighted by Gasteiger charge is -2.32. The van der Waals surface area contributed by atoms with E-state index in [0.29, 0.717) is 28.6 Å². The van der Waals surface area contributed by atoms with Crippen molar-refractivity contribution in [3.8, 4) is 23.0 Å². The number of nitrogens with one attached hydrogen (secondary N) is 1. The number of ether oxygens (including phenoxy) is 4. The van der Waals surface area contributed by atoms with Crippen LogP contribution in [0, 0.1) is 0 Å². The van der Waals surface area contributed by atoms with Crippen molar-refractivity contribution in [3.05, 3.63) is 119 Å². The van der Waals surface area contributed by atoms with Crippen LogP contribution < -0.4 is 24.3 Å². The molecule has 1 N–H and O–H groups in total. The highest BCUT2D eigenvalue weighted by atomic mass is 16.7. The molecular formula is C33H32N2O6. The van der Waals surface area contributed by atoms with E-state index in [1.165, 1.54) is 0 Å². The Labute approximate surface area is 239 Å². The van der Waals surface area contributed by atoms with Gasteiger partial charge in [0.1, 0.15) is 6.04 Å². The molecule has 4 aromatic carbocycles. The average molecular weight is 553 g/mol. The Balaban J connectivity index is 1.44. The minimum Gasteiger partial charge on any atom is -0.493 e. The van der Waals surface area contributed by atoms with Crippen LogP contribution >= 0.6 is 0 Å². The molecule has 210 valence electrons. The monoisotopic (exact) mass is 552 g/mol. The van der Waals surface area contributed by atoms with Crippen molar-refractivity contribution in [2.75, 3.05) is 21.0 Å². The second-order valence-electron chi connectivity index (χ2n) is 9.59. The lowest BCUT2D eigenvalue weighted by atomic mass is 10.0. The van der Waals surface area contributed by atoms with E-state index in [1.54, 1.807) is 31.3 Å². The fourth-order valence-corrected chi connectivity index (χ4v) is 4.82. The average Bonchev–Trinajstić information content (AvgIpc) is 3.49. The molecule has 0 saturated carbocycles. The summed E-state index contributed by atoms with van der Waals surface area (Å²) in [5.74, 6) is 1.95. The van der Waals surface area contributed by atoms with E-state index in [2.05, 4.69) is 5.32 Å². The Bertz CT molecular complexity index is 1490. The summed E-state index contributed by atoms with van der Waals surface area (Å²) < 4.78 is 21.7. The van der Waals surface area contributed by atoms with Gasteiger partial charge < -0.3 is 29.2 Å². The molecule has 1 aliphatic heterocycles. The number of benzene rings is 4. The maximum absolute atomic E-state index is 14.0. The van der Waals surface area contributed by atoms with Gasteiger partial charge >= 0.3 is 0 Å². The highest BCUT2D eigenvalue weighted by Gasteiger charge is 2.31. The van der Waals surface area contributed by atoms with Crippen LogP contribution in [0.2, 0.25) is 0 Å². The highest BCUT2D eigenvalue weighted by molar-refractivity contribution is 5.89. The van der Waals surface area contributed by atoms with Gasteiger partial charge in [-0.05, 0) is 46.5 Å². The number of nitrogens with zero attached hydrogens (tertiary/aromatic N) is 1. The number of fused-ring (bicyclic) bond motifs is 1. The highest BCUT2D eigenvalue weighted by Crippen LogP contribution is 2.33. The maximum Gasteiger partial charge on any atom is 0.247 e. The summed E-state index contributed by atoms with van der Waals surface area (Å²) in [5, 5.41) is 3.04. The number of carbonyl (C=O) groups excluding carboxylic acids is 2. The molecule has 0 radical (unpaired) electrons. The number of amides is 2. The third kappa shape index (κ3) is 6.61. The summed E-state index contributed by atoms with van der Waals surface area (Å²) in [6.07, 6.45) is 0.0754. The van der Waals surface area contributed by atoms with E-state index in [0.717, 1.165) is 16.7 Å². The molecular weight excluding hydrogens is 520 g/mol. The Morgan fingerprint density at radius 2 is 1.46 bits per heavy atom. The van der Waals surface area contributed by atoms with Crippen LogP contribution in [0.1, 0.15) is 28.3 Å². The smallest absolute Gasteiger partial charge is 0.247 e. The van der Waals surface area contributed by atoms with Crippen LogP contribution in [0.3, 0.4) is 0 Å². The SMILES string of the molecule is COc1ccc(CC(=O)N(Cc2ccccc2)[C@H](C(=O)NCc2ccc3c(c2)OCO3)c2ccccc2)cc1OC. The Kier molecular flexibility index (Phi) is 8.69. The number of methoxy groups -OCH3 is 2. The lowest BCUT2D eigenvalue weighted by Crippen LogP contribution is -2.43. The largest absolute Gasteiger partial charge is 0.493 e. The number of rotatable bonds is 11. The van der Waals surface area contributed by atoms with Gasteiger partial charge in [-0.15, -0.1) is 0 Å². The first-order chi connectivity index (χ1) is 20.1. The second kappa shape index (κ2) is 12.9. The Hall–Kier alpha value is -4.98. The van der Waals surface area contributed by atoms with Gasteiger partial charge in [0, 0.05) is 13.1 Å². The van der Waals surface area contributed by atoms with Gasteiger partial charge in [-0.2, -0.15) is 0 Å². The minimum absolute atomic E-state index is 0.0754. The summed E-state index contributed by atoms with van der Waals surface area (Å²) in [7, 11) is 3.12. The minimum atomic E-state index is -0.863. The zero-order valence-corrected chi connectivity index (χ0v) is 23.0. The summed E-state index contributed by atoms with van der Waals surface area (Å²) in [6.45, 7) is 0.698. The molecule has 5 rings (SSSR count). The molecule has 0 fully saturated rings. The molecule has 1 atom stereocenters. The van der Waals surface area contributed by atoms with Gasteiger partial charge in [0.2, 0.25) is 18.6 Å². The molecule has 1 aliphatic rings. The van der Waals surface area contributed by atoms with Crippen LogP contribution in [0.25, 0.3) is 0 Å².